The molecule has 1 aliphatic heterocycles. The van der Waals surface area contributed by atoms with Crippen molar-refractivity contribution in [2.24, 2.45) is 0 Å². The van der Waals surface area contributed by atoms with Gasteiger partial charge in [-0.2, -0.15) is 0 Å². The highest BCUT2D eigenvalue weighted by molar-refractivity contribution is 6.05. The maximum atomic E-state index is 13.5. The second-order valence-corrected chi connectivity index (χ2v) is 9.21. The molecule has 36 heavy (non-hydrogen) atoms. The number of fused-ring (bicyclic) bond motifs is 1. The van der Waals surface area contributed by atoms with Gasteiger partial charge in [-0.3, -0.25) is 14.5 Å². The molecule has 1 fully saturated rings. The Morgan fingerprint density at radius 1 is 1.00 bits per heavy atom. The topological polar surface area (TPSA) is 62.6 Å². The van der Waals surface area contributed by atoms with Crippen LogP contribution in [0.5, 0.6) is 0 Å². The molecule has 1 saturated heterocycles. The molecule has 5 rings (SSSR count). The first kappa shape index (κ1) is 23.9. The summed E-state index contributed by atoms with van der Waals surface area (Å²) in [4.78, 5) is 28.5. The first-order chi connectivity index (χ1) is 17.4. The number of carbonyl (C=O) groups is 1. The summed E-state index contributed by atoms with van der Waals surface area (Å²) >= 11 is 0. The Bertz CT molecular complexity index is 1480. The largest absolute Gasteiger partial charge is 0.455 e. The summed E-state index contributed by atoms with van der Waals surface area (Å²) < 4.78 is 32.9. The van der Waals surface area contributed by atoms with Crippen molar-refractivity contribution < 1.29 is 18.0 Å². The molecule has 5 nitrogen and oxygen atoms in total. The number of hydrogen-bond donors (Lipinski definition) is 1. The minimum atomic E-state index is -0.851. The van der Waals surface area contributed by atoms with E-state index >= 15 is 0 Å². The quantitative estimate of drug-likeness (QED) is 0.406. The number of hydrogen-bond acceptors (Lipinski definition) is 4. The second-order valence-electron chi connectivity index (χ2n) is 9.21. The normalized spacial score (nSPS) is 14.8. The second kappa shape index (κ2) is 10.0. The monoisotopic (exact) mass is 488 g/mol. The number of benzene rings is 3. The summed E-state index contributed by atoms with van der Waals surface area (Å²) in [7, 11) is 0. The van der Waals surface area contributed by atoms with Gasteiger partial charge in [0, 0.05) is 36.8 Å². The van der Waals surface area contributed by atoms with Crippen molar-refractivity contribution in [3.05, 3.63) is 105 Å². The Morgan fingerprint density at radius 2 is 1.75 bits per heavy atom. The minimum Gasteiger partial charge on any atom is -0.455 e. The average molecular weight is 489 g/mol. The van der Waals surface area contributed by atoms with Crippen LogP contribution in [-0.4, -0.2) is 29.9 Å². The van der Waals surface area contributed by atoms with Gasteiger partial charge >= 0.3 is 0 Å². The van der Waals surface area contributed by atoms with Gasteiger partial charge in [-0.15, -0.1) is 0 Å². The Labute approximate surface area is 207 Å². The minimum absolute atomic E-state index is 0.0419. The third-order valence-corrected chi connectivity index (χ3v) is 6.74. The van der Waals surface area contributed by atoms with Gasteiger partial charge in [0.15, 0.2) is 22.6 Å². The van der Waals surface area contributed by atoms with Gasteiger partial charge in [0.05, 0.1) is 10.9 Å². The number of halogens is 2. The van der Waals surface area contributed by atoms with Gasteiger partial charge < -0.3 is 9.73 Å². The van der Waals surface area contributed by atoms with Gasteiger partial charge in [-0.25, -0.2) is 8.78 Å². The van der Waals surface area contributed by atoms with E-state index in [2.05, 4.69) is 10.2 Å². The SMILES string of the molecule is Cc1c(-c2ccccc2)oc2c(C(=O)NC3CCN(Cc4ccc(F)c(F)c4)CC3)cccc2c1=O. The summed E-state index contributed by atoms with van der Waals surface area (Å²) in [5.41, 5.74) is 2.44. The maximum Gasteiger partial charge on any atom is 0.255 e. The van der Waals surface area contributed by atoms with Crippen molar-refractivity contribution in [1.29, 1.82) is 0 Å². The predicted octanol–water partition coefficient (Wildman–Crippen LogP) is 5.44. The van der Waals surface area contributed by atoms with E-state index in [1.165, 1.54) is 6.07 Å². The van der Waals surface area contributed by atoms with Gasteiger partial charge in [-0.1, -0.05) is 42.5 Å². The van der Waals surface area contributed by atoms with Crippen LogP contribution >= 0.6 is 0 Å². The van der Waals surface area contributed by atoms with Crippen molar-refractivity contribution in [3.8, 4) is 11.3 Å². The predicted molar refractivity (Wildman–Crippen MR) is 135 cm³/mol. The van der Waals surface area contributed by atoms with Crippen LogP contribution in [0.15, 0.2) is 75.9 Å². The molecule has 2 heterocycles. The summed E-state index contributed by atoms with van der Waals surface area (Å²) in [6.07, 6.45) is 1.44. The smallest absolute Gasteiger partial charge is 0.255 e. The van der Waals surface area contributed by atoms with Crippen LogP contribution in [0.3, 0.4) is 0 Å². The van der Waals surface area contributed by atoms with Crippen LogP contribution in [0.4, 0.5) is 8.78 Å². The zero-order valence-electron chi connectivity index (χ0n) is 19.9. The van der Waals surface area contributed by atoms with Crippen molar-refractivity contribution in [2.75, 3.05) is 13.1 Å². The van der Waals surface area contributed by atoms with E-state index in [1.54, 1.807) is 31.2 Å². The number of nitrogens with one attached hydrogen (secondary N) is 1. The summed E-state index contributed by atoms with van der Waals surface area (Å²) in [6, 6.07) is 18.3. The molecule has 1 aliphatic rings. The van der Waals surface area contributed by atoms with Crippen LogP contribution < -0.4 is 10.7 Å². The highest BCUT2D eigenvalue weighted by Gasteiger charge is 2.24. The molecule has 3 aromatic carbocycles. The number of para-hydroxylation sites is 1. The van der Waals surface area contributed by atoms with Crippen LogP contribution in [0, 0.1) is 18.6 Å². The average Bonchev–Trinajstić information content (AvgIpc) is 2.89. The van der Waals surface area contributed by atoms with Crippen LogP contribution in [-0.2, 0) is 6.54 Å². The molecule has 184 valence electrons. The molecule has 0 radical (unpaired) electrons. The number of likely N-dealkylation sites (tertiary alicyclic amines) is 1. The van der Waals surface area contributed by atoms with E-state index in [-0.39, 0.29) is 23.0 Å². The van der Waals surface area contributed by atoms with Gasteiger partial charge in [-0.05, 0) is 49.6 Å². The molecule has 0 aliphatic carbocycles. The Kier molecular flexibility index (Phi) is 6.65. The summed E-state index contributed by atoms with van der Waals surface area (Å²) in [5, 5.41) is 3.46. The molecule has 0 unspecified atom stereocenters. The Morgan fingerprint density at radius 3 is 2.47 bits per heavy atom. The number of carbonyl (C=O) groups excluding carboxylic acids is 1. The van der Waals surface area contributed by atoms with E-state index < -0.39 is 11.6 Å². The molecule has 0 saturated carbocycles. The molecule has 1 N–H and O–H groups in total. The Balaban J connectivity index is 1.32. The van der Waals surface area contributed by atoms with E-state index in [1.807, 2.05) is 30.3 Å². The molecular weight excluding hydrogens is 462 g/mol. The van der Waals surface area contributed by atoms with E-state index in [0.29, 0.717) is 47.5 Å². The maximum absolute atomic E-state index is 13.5. The lowest BCUT2D eigenvalue weighted by Crippen LogP contribution is -2.44. The lowest BCUT2D eigenvalue weighted by molar-refractivity contribution is 0.0909. The van der Waals surface area contributed by atoms with E-state index in [0.717, 1.165) is 24.5 Å². The molecule has 7 heteroatoms. The van der Waals surface area contributed by atoms with E-state index in [4.69, 9.17) is 4.42 Å². The zero-order valence-corrected chi connectivity index (χ0v) is 19.9. The van der Waals surface area contributed by atoms with Crippen LogP contribution in [0.2, 0.25) is 0 Å². The molecule has 0 bridgehead atoms. The van der Waals surface area contributed by atoms with Crippen LogP contribution in [0.1, 0.15) is 34.3 Å². The fourth-order valence-electron chi connectivity index (χ4n) is 4.75. The van der Waals surface area contributed by atoms with Crippen molar-refractivity contribution >= 4 is 16.9 Å². The van der Waals surface area contributed by atoms with Gasteiger partial charge in [0.25, 0.3) is 5.91 Å². The first-order valence-corrected chi connectivity index (χ1v) is 12.0. The third-order valence-electron chi connectivity index (χ3n) is 6.74. The highest BCUT2D eigenvalue weighted by atomic mass is 19.2. The standard InChI is InChI=1S/C29H26F2N2O3/c1-18-26(34)22-8-5-9-23(28(22)36-27(18)20-6-3-2-4-7-20)29(35)32-21-12-14-33(15-13-21)17-19-10-11-24(30)25(31)16-19/h2-11,16,21H,12-15,17H2,1H3,(H,32,35). The summed E-state index contributed by atoms with van der Waals surface area (Å²) in [5.74, 6) is -1.53. The highest BCUT2D eigenvalue weighted by Crippen LogP contribution is 2.27. The molecule has 1 amide bonds. The lowest BCUT2D eigenvalue weighted by Gasteiger charge is -2.32. The van der Waals surface area contributed by atoms with Crippen molar-refractivity contribution in [3.63, 3.8) is 0 Å². The fraction of sp³-hybridized carbons (Fsp3) is 0.241. The van der Waals surface area contributed by atoms with Crippen molar-refractivity contribution in [1.82, 2.24) is 10.2 Å². The molecule has 0 spiro atoms. The molecule has 0 atom stereocenters. The Hall–Kier alpha value is -3.84. The van der Waals surface area contributed by atoms with Gasteiger partial charge in [0.2, 0.25) is 0 Å². The zero-order chi connectivity index (χ0) is 25.2. The van der Waals surface area contributed by atoms with E-state index in [9.17, 15) is 18.4 Å². The fourth-order valence-corrected chi connectivity index (χ4v) is 4.75. The molecule has 1 aromatic heterocycles. The summed E-state index contributed by atoms with van der Waals surface area (Å²) in [6.45, 7) is 3.68. The van der Waals surface area contributed by atoms with Crippen molar-refractivity contribution in [2.45, 2.75) is 32.4 Å². The number of rotatable bonds is 5. The molecular formula is C29H26F2N2O3. The third kappa shape index (κ3) is 4.79. The van der Waals surface area contributed by atoms with Crippen LogP contribution in [0.25, 0.3) is 22.3 Å². The first-order valence-electron chi connectivity index (χ1n) is 12.0. The van der Waals surface area contributed by atoms with Gasteiger partial charge in [0.1, 0.15) is 5.76 Å². The number of amides is 1. The molecule has 4 aromatic rings. The number of nitrogens with zero attached hydrogens (tertiary/aromatic N) is 1. The lowest BCUT2D eigenvalue weighted by atomic mass is 10.0. The number of piperidine rings is 1.